The van der Waals surface area contributed by atoms with Crippen LogP contribution >= 0.6 is 0 Å². The van der Waals surface area contributed by atoms with Crippen LogP contribution in [0.15, 0.2) is 42.5 Å². The Morgan fingerprint density at radius 3 is 2.58 bits per heavy atom. The fourth-order valence-corrected chi connectivity index (χ4v) is 5.23. The van der Waals surface area contributed by atoms with Gasteiger partial charge in [-0.05, 0) is 35.7 Å². The molecule has 0 saturated carbocycles. The summed E-state index contributed by atoms with van der Waals surface area (Å²) in [4.78, 5) is 44.8. The highest BCUT2D eigenvalue weighted by Crippen LogP contribution is 2.32. The van der Waals surface area contributed by atoms with Gasteiger partial charge in [-0.15, -0.1) is 0 Å². The maximum Gasteiger partial charge on any atom is 0.243 e. The number of carbonyl (C=O) groups is 3. The first-order valence-corrected chi connectivity index (χ1v) is 13.3. The van der Waals surface area contributed by atoms with E-state index in [1.807, 2.05) is 43.3 Å². The monoisotopic (exact) mass is 521 g/mol. The molecule has 0 spiro atoms. The van der Waals surface area contributed by atoms with Crippen LogP contribution in [0.1, 0.15) is 24.5 Å². The summed E-state index contributed by atoms with van der Waals surface area (Å²) in [6.45, 7) is 7.33. The van der Waals surface area contributed by atoms with Crippen molar-refractivity contribution in [2.45, 2.75) is 32.4 Å². The maximum absolute atomic E-state index is 13.3. The van der Waals surface area contributed by atoms with Gasteiger partial charge in [0.25, 0.3) is 0 Å². The van der Waals surface area contributed by atoms with E-state index < -0.39 is 6.04 Å². The highest BCUT2D eigenvalue weighted by atomic mass is 16.7. The third-order valence-electron chi connectivity index (χ3n) is 7.37. The first kappa shape index (κ1) is 26.0. The molecule has 2 aromatic rings. The largest absolute Gasteiger partial charge is 0.454 e. The zero-order valence-corrected chi connectivity index (χ0v) is 21.8. The Kier molecular flexibility index (Phi) is 8.09. The predicted octanol–water partition coefficient (Wildman–Crippen LogP) is 1.45. The number of aryl methyl sites for hydroxylation is 1. The van der Waals surface area contributed by atoms with Crippen molar-refractivity contribution in [1.29, 1.82) is 0 Å². The average molecular weight is 522 g/mol. The number of hydrogen-bond donors (Lipinski definition) is 2. The Labute approximate surface area is 222 Å². The van der Waals surface area contributed by atoms with E-state index in [9.17, 15) is 14.4 Å². The molecule has 1 atom stereocenters. The fraction of sp³-hybridized carbons (Fsp3) is 0.464. The molecule has 0 bridgehead atoms. The van der Waals surface area contributed by atoms with E-state index in [-0.39, 0.29) is 37.5 Å². The van der Waals surface area contributed by atoms with Crippen LogP contribution in [0, 0.1) is 0 Å². The molecule has 2 fully saturated rings. The van der Waals surface area contributed by atoms with Crippen molar-refractivity contribution in [2.75, 3.05) is 57.9 Å². The molecule has 2 N–H and O–H groups in total. The first-order valence-electron chi connectivity index (χ1n) is 13.3. The molecule has 10 heteroatoms. The number of nitrogens with zero attached hydrogens (tertiary/aromatic N) is 3. The summed E-state index contributed by atoms with van der Waals surface area (Å²) in [7, 11) is 0. The van der Waals surface area contributed by atoms with E-state index >= 15 is 0 Å². The quantitative estimate of drug-likeness (QED) is 0.542. The molecule has 5 rings (SSSR count). The second kappa shape index (κ2) is 11.8. The van der Waals surface area contributed by atoms with Crippen molar-refractivity contribution in [1.82, 2.24) is 20.0 Å². The van der Waals surface area contributed by atoms with Crippen molar-refractivity contribution in [2.24, 2.45) is 0 Å². The van der Waals surface area contributed by atoms with Gasteiger partial charge >= 0.3 is 0 Å². The minimum absolute atomic E-state index is 0.0705. The minimum atomic E-state index is -0.808. The van der Waals surface area contributed by atoms with Crippen LogP contribution < -0.4 is 20.1 Å². The number of fused-ring (bicyclic) bond motifs is 1. The minimum Gasteiger partial charge on any atom is -0.454 e. The average Bonchev–Trinajstić information content (AvgIpc) is 3.39. The second-order valence-electron chi connectivity index (χ2n) is 9.90. The zero-order chi connectivity index (χ0) is 26.5. The molecule has 3 aliphatic rings. The van der Waals surface area contributed by atoms with Crippen LogP contribution in [-0.4, -0.2) is 91.1 Å². The molecule has 0 aromatic heterocycles. The molecular weight excluding hydrogens is 486 g/mol. The number of anilines is 1. The maximum atomic E-state index is 13.3. The molecule has 3 amide bonds. The summed E-state index contributed by atoms with van der Waals surface area (Å²) >= 11 is 0. The Balaban J connectivity index is 1.13. The van der Waals surface area contributed by atoms with Crippen molar-refractivity contribution in [3.63, 3.8) is 0 Å². The van der Waals surface area contributed by atoms with Gasteiger partial charge in [0.05, 0.1) is 13.0 Å². The standard InChI is InChI=1S/C28H35N5O5/c1-2-21-5-3-4-6-22(21)30-26(34)16-23-28(36)29-9-10-33(23)27(35)18-32-13-11-31(12-14-32)17-20-7-8-24-25(15-20)38-19-37-24/h3-8,15,23H,2,9-14,16-19H2,1H3,(H,29,36)(H,30,34). The number of ether oxygens (including phenoxy) is 2. The molecule has 202 valence electrons. The lowest BCUT2D eigenvalue weighted by molar-refractivity contribution is -0.145. The smallest absolute Gasteiger partial charge is 0.243 e. The summed E-state index contributed by atoms with van der Waals surface area (Å²) in [5.41, 5.74) is 2.94. The molecule has 0 radical (unpaired) electrons. The molecule has 3 aliphatic heterocycles. The molecule has 2 aromatic carbocycles. The van der Waals surface area contributed by atoms with Crippen LogP contribution in [0.5, 0.6) is 11.5 Å². The lowest BCUT2D eigenvalue weighted by Gasteiger charge is -2.38. The second-order valence-corrected chi connectivity index (χ2v) is 9.90. The van der Waals surface area contributed by atoms with E-state index in [1.54, 1.807) is 4.90 Å². The van der Waals surface area contributed by atoms with Gasteiger partial charge in [-0.3, -0.25) is 24.2 Å². The van der Waals surface area contributed by atoms with Gasteiger partial charge in [0, 0.05) is 51.5 Å². The molecule has 1 unspecified atom stereocenters. The van der Waals surface area contributed by atoms with Crippen molar-refractivity contribution in [3.05, 3.63) is 53.6 Å². The lowest BCUT2D eigenvalue weighted by atomic mass is 10.1. The summed E-state index contributed by atoms with van der Waals surface area (Å²) in [5.74, 6) is 0.899. The van der Waals surface area contributed by atoms with Gasteiger partial charge in [-0.25, -0.2) is 0 Å². The number of piperazine rings is 2. The molecular formula is C28H35N5O5. The van der Waals surface area contributed by atoms with Gasteiger partial charge in [0.1, 0.15) is 6.04 Å². The van der Waals surface area contributed by atoms with Crippen molar-refractivity contribution in [3.8, 4) is 11.5 Å². The third-order valence-corrected chi connectivity index (χ3v) is 7.37. The molecule has 38 heavy (non-hydrogen) atoms. The SMILES string of the molecule is CCc1ccccc1NC(=O)CC1C(=O)NCCN1C(=O)CN1CCN(Cc2ccc3c(c2)OCO3)CC1. The normalized spacial score (nSPS) is 19.8. The number of benzene rings is 2. The van der Waals surface area contributed by atoms with Crippen LogP contribution in [0.25, 0.3) is 0 Å². The summed E-state index contributed by atoms with van der Waals surface area (Å²) in [6.07, 6.45) is 0.716. The van der Waals surface area contributed by atoms with E-state index in [2.05, 4.69) is 26.5 Å². The van der Waals surface area contributed by atoms with Gasteiger partial charge in [-0.2, -0.15) is 0 Å². The van der Waals surface area contributed by atoms with Crippen molar-refractivity contribution < 1.29 is 23.9 Å². The summed E-state index contributed by atoms with van der Waals surface area (Å²) in [6, 6.07) is 12.8. The molecule has 2 saturated heterocycles. The number of hydrogen-bond acceptors (Lipinski definition) is 7. The van der Waals surface area contributed by atoms with E-state index in [0.717, 1.165) is 61.9 Å². The number of amides is 3. The first-order chi connectivity index (χ1) is 18.5. The predicted molar refractivity (Wildman–Crippen MR) is 142 cm³/mol. The number of carbonyl (C=O) groups excluding carboxylic acids is 3. The van der Waals surface area contributed by atoms with Crippen LogP contribution in [0.3, 0.4) is 0 Å². The lowest BCUT2D eigenvalue weighted by Crippen LogP contribution is -2.60. The topological polar surface area (TPSA) is 103 Å². The molecule has 10 nitrogen and oxygen atoms in total. The number of para-hydroxylation sites is 1. The Hall–Kier alpha value is -3.63. The molecule has 3 heterocycles. The Morgan fingerprint density at radius 2 is 1.76 bits per heavy atom. The van der Waals surface area contributed by atoms with Gasteiger partial charge in [0.15, 0.2) is 11.5 Å². The van der Waals surface area contributed by atoms with Gasteiger partial charge < -0.3 is 25.0 Å². The van der Waals surface area contributed by atoms with E-state index in [0.29, 0.717) is 13.1 Å². The number of nitrogens with one attached hydrogen (secondary N) is 2. The molecule has 0 aliphatic carbocycles. The summed E-state index contributed by atoms with van der Waals surface area (Å²) < 4.78 is 10.9. The third kappa shape index (κ3) is 6.08. The van der Waals surface area contributed by atoms with E-state index in [1.165, 1.54) is 5.56 Å². The number of rotatable bonds is 8. The van der Waals surface area contributed by atoms with Gasteiger partial charge in [-0.1, -0.05) is 31.2 Å². The Morgan fingerprint density at radius 1 is 1.00 bits per heavy atom. The van der Waals surface area contributed by atoms with Gasteiger partial charge in [0.2, 0.25) is 24.5 Å². The van der Waals surface area contributed by atoms with Crippen molar-refractivity contribution >= 4 is 23.4 Å². The highest BCUT2D eigenvalue weighted by Gasteiger charge is 2.35. The Bertz CT molecular complexity index is 1180. The fourth-order valence-electron chi connectivity index (χ4n) is 5.23. The highest BCUT2D eigenvalue weighted by molar-refractivity contribution is 5.98. The van der Waals surface area contributed by atoms with E-state index in [4.69, 9.17) is 9.47 Å². The zero-order valence-electron chi connectivity index (χ0n) is 21.8. The van der Waals surface area contributed by atoms with Crippen LogP contribution in [0.2, 0.25) is 0 Å². The summed E-state index contributed by atoms with van der Waals surface area (Å²) in [5, 5.41) is 5.73. The van der Waals surface area contributed by atoms with Crippen LogP contribution in [-0.2, 0) is 27.3 Å². The van der Waals surface area contributed by atoms with Crippen LogP contribution in [0.4, 0.5) is 5.69 Å².